The van der Waals surface area contributed by atoms with Crippen molar-refractivity contribution in [3.05, 3.63) is 82.3 Å². The van der Waals surface area contributed by atoms with E-state index in [-0.39, 0.29) is 11.8 Å². The third-order valence-corrected chi connectivity index (χ3v) is 6.09. The number of nitrogens with one attached hydrogen (secondary N) is 1. The molecule has 0 radical (unpaired) electrons. The van der Waals surface area contributed by atoms with Crippen LogP contribution in [-0.2, 0) is 17.9 Å². The first kappa shape index (κ1) is 19.2. The Morgan fingerprint density at radius 2 is 1.61 bits per heavy atom. The predicted molar refractivity (Wildman–Crippen MR) is 118 cm³/mol. The Bertz CT molecular complexity index is 946. The van der Waals surface area contributed by atoms with Crippen molar-refractivity contribution in [1.29, 1.82) is 0 Å². The van der Waals surface area contributed by atoms with Gasteiger partial charge in [0.1, 0.15) is 0 Å². The van der Waals surface area contributed by atoms with Crippen molar-refractivity contribution in [2.75, 3.05) is 13.1 Å². The third kappa shape index (κ3) is 4.81. The molecule has 1 N–H and O–H groups in total. The molecule has 1 fully saturated rings. The Morgan fingerprint density at radius 3 is 2.36 bits per heavy atom. The SMILES string of the molecule is O=C(NCc1ccc2ccccc2c1)C1CCN(Cc2ccc(Br)cc2)CC1. The Balaban J connectivity index is 1.26. The number of fused-ring (bicyclic) bond motifs is 1. The first-order valence-corrected chi connectivity index (χ1v) is 10.7. The topological polar surface area (TPSA) is 32.3 Å². The Kier molecular flexibility index (Phi) is 6.08. The summed E-state index contributed by atoms with van der Waals surface area (Å²) in [5.41, 5.74) is 2.47. The fraction of sp³-hybridized carbons (Fsp3) is 0.292. The molecule has 4 heteroatoms. The molecular formula is C24H25BrN2O. The minimum atomic E-state index is 0.127. The van der Waals surface area contributed by atoms with Crippen molar-refractivity contribution >= 4 is 32.6 Å². The molecule has 0 aliphatic carbocycles. The number of amides is 1. The fourth-order valence-electron chi connectivity index (χ4n) is 3.88. The van der Waals surface area contributed by atoms with Gasteiger partial charge in [-0.25, -0.2) is 0 Å². The number of nitrogens with zero attached hydrogens (tertiary/aromatic N) is 1. The van der Waals surface area contributed by atoms with Gasteiger partial charge in [-0.1, -0.05) is 64.5 Å². The molecule has 0 bridgehead atoms. The normalized spacial score (nSPS) is 15.6. The molecule has 144 valence electrons. The molecule has 3 nitrogen and oxygen atoms in total. The van der Waals surface area contributed by atoms with Crippen LogP contribution in [0, 0.1) is 5.92 Å². The van der Waals surface area contributed by atoms with Crippen LogP contribution in [0.25, 0.3) is 10.8 Å². The van der Waals surface area contributed by atoms with Gasteiger partial charge in [0, 0.05) is 23.5 Å². The summed E-state index contributed by atoms with van der Waals surface area (Å²) in [6, 6.07) is 23.2. The van der Waals surface area contributed by atoms with Gasteiger partial charge in [0.15, 0.2) is 0 Å². The average Bonchev–Trinajstić information content (AvgIpc) is 2.74. The summed E-state index contributed by atoms with van der Waals surface area (Å²) in [5, 5.41) is 5.59. The summed E-state index contributed by atoms with van der Waals surface area (Å²) in [6.45, 7) is 3.51. The van der Waals surface area contributed by atoms with Gasteiger partial charge in [0.25, 0.3) is 0 Å². The zero-order chi connectivity index (χ0) is 19.3. The van der Waals surface area contributed by atoms with Crippen molar-refractivity contribution < 1.29 is 4.79 Å². The van der Waals surface area contributed by atoms with Gasteiger partial charge in [-0.2, -0.15) is 0 Å². The number of carbonyl (C=O) groups is 1. The van der Waals surface area contributed by atoms with E-state index in [0.717, 1.165) is 42.5 Å². The van der Waals surface area contributed by atoms with Crippen LogP contribution < -0.4 is 5.32 Å². The minimum absolute atomic E-state index is 0.127. The molecule has 0 saturated carbocycles. The molecule has 1 amide bonds. The van der Waals surface area contributed by atoms with E-state index < -0.39 is 0 Å². The third-order valence-electron chi connectivity index (χ3n) is 5.56. The summed E-state index contributed by atoms with van der Waals surface area (Å²) in [5.74, 6) is 0.318. The lowest BCUT2D eigenvalue weighted by atomic mass is 9.95. The van der Waals surface area contributed by atoms with Crippen molar-refractivity contribution in [2.45, 2.75) is 25.9 Å². The van der Waals surface area contributed by atoms with Crippen LogP contribution in [0.2, 0.25) is 0 Å². The highest BCUT2D eigenvalue weighted by atomic mass is 79.9. The van der Waals surface area contributed by atoms with E-state index in [2.05, 4.69) is 80.7 Å². The quantitative estimate of drug-likeness (QED) is 0.600. The predicted octanol–water partition coefficient (Wildman–Crippen LogP) is 5.13. The smallest absolute Gasteiger partial charge is 0.223 e. The molecule has 0 aromatic heterocycles. The van der Waals surface area contributed by atoms with E-state index in [0.29, 0.717) is 6.54 Å². The fourth-order valence-corrected chi connectivity index (χ4v) is 4.15. The van der Waals surface area contributed by atoms with Gasteiger partial charge >= 0.3 is 0 Å². The maximum atomic E-state index is 12.6. The number of carbonyl (C=O) groups excluding carboxylic acids is 1. The summed E-state index contributed by atoms with van der Waals surface area (Å²) in [7, 11) is 0. The number of hydrogen-bond donors (Lipinski definition) is 1. The van der Waals surface area contributed by atoms with Gasteiger partial charge < -0.3 is 5.32 Å². The van der Waals surface area contributed by atoms with Crippen LogP contribution >= 0.6 is 15.9 Å². The molecule has 1 aliphatic rings. The molecule has 3 aromatic carbocycles. The maximum Gasteiger partial charge on any atom is 0.223 e. The number of hydrogen-bond acceptors (Lipinski definition) is 2. The number of rotatable bonds is 5. The largest absolute Gasteiger partial charge is 0.352 e. The maximum absolute atomic E-state index is 12.6. The molecule has 0 unspecified atom stereocenters. The molecule has 28 heavy (non-hydrogen) atoms. The van der Waals surface area contributed by atoms with Crippen LogP contribution in [0.5, 0.6) is 0 Å². The van der Waals surface area contributed by atoms with Crippen LogP contribution in [-0.4, -0.2) is 23.9 Å². The number of halogens is 1. The highest BCUT2D eigenvalue weighted by Crippen LogP contribution is 2.21. The number of benzene rings is 3. The number of piperidine rings is 1. The first-order valence-electron chi connectivity index (χ1n) is 9.89. The van der Waals surface area contributed by atoms with Crippen molar-refractivity contribution in [1.82, 2.24) is 10.2 Å². The molecule has 1 aliphatic heterocycles. The number of likely N-dealkylation sites (tertiary alicyclic amines) is 1. The lowest BCUT2D eigenvalue weighted by molar-refractivity contribution is -0.126. The molecule has 1 saturated heterocycles. The van der Waals surface area contributed by atoms with E-state index in [4.69, 9.17) is 0 Å². The van der Waals surface area contributed by atoms with Gasteiger partial charge in [-0.3, -0.25) is 9.69 Å². The Hall–Kier alpha value is -2.17. The molecule has 0 atom stereocenters. The van der Waals surface area contributed by atoms with Crippen LogP contribution in [0.3, 0.4) is 0 Å². The average molecular weight is 437 g/mol. The lowest BCUT2D eigenvalue weighted by Gasteiger charge is -2.31. The van der Waals surface area contributed by atoms with E-state index in [1.165, 1.54) is 16.3 Å². The zero-order valence-electron chi connectivity index (χ0n) is 15.9. The second-order valence-corrected chi connectivity index (χ2v) is 8.49. The summed E-state index contributed by atoms with van der Waals surface area (Å²) in [6.07, 6.45) is 1.86. The Morgan fingerprint density at radius 1 is 0.929 bits per heavy atom. The van der Waals surface area contributed by atoms with Crippen LogP contribution in [0.4, 0.5) is 0 Å². The van der Waals surface area contributed by atoms with E-state index in [9.17, 15) is 4.79 Å². The molecular weight excluding hydrogens is 412 g/mol. The minimum Gasteiger partial charge on any atom is -0.352 e. The highest BCUT2D eigenvalue weighted by molar-refractivity contribution is 9.10. The van der Waals surface area contributed by atoms with Crippen molar-refractivity contribution in [3.63, 3.8) is 0 Å². The van der Waals surface area contributed by atoms with Crippen molar-refractivity contribution in [3.8, 4) is 0 Å². The summed E-state index contributed by atoms with van der Waals surface area (Å²) >= 11 is 3.48. The second kappa shape index (κ2) is 8.89. The van der Waals surface area contributed by atoms with E-state index in [1.807, 2.05) is 12.1 Å². The summed E-state index contributed by atoms with van der Waals surface area (Å²) in [4.78, 5) is 15.0. The molecule has 1 heterocycles. The molecule has 0 spiro atoms. The summed E-state index contributed by atoms with van der Waals surface area (Å²) < 4.78 is 1.11. The monoisotopic (exact) mass is 436 g/mol. The van der Waals surface area contributed by atoms with Crippen LogP contribution in [0.15, 0.2) is 71.2 Å². The van der Waals surface area contributed by atoms with Gasteiger partial charge in [0.2, 0.25) is 5.91 Å². The van der Waals surface area contributed by atoms with Gasteiger partial charge in [-0.05, 0) is 66.0 Å². The first-order chi connectivity index (χ1) is 13.7. The molecule has 4 rings (SSSR count). The zero-order valence-corrected chi connectivity index (χ0v) is 17.5. The standard InChI is InChI=1S/C24H25BrN2O/c25-23-9-6-18(7-10-23)17-27-13-11-21(12-14-27)24(28)26-16-19-5-8-20-3-1-2-4-22(20)15-19/h1-10,15,21H,11-14,16-17H2,(H,26,28). The van der Waals surface area contributed by atoms with Crippen molar-refractivity contribution in [2.24, 2.45) is 5.92 Å². The lowest BCUT2D eigenvalue weighted by Crippen LogP contribution is -2.40. The van der Waals surface area contributed by atoms with E-state index in [1.54, 1.807) is 0 Å². The molecule has 3 aromatic rings. The Labute approximate surface area is 174 Å². The van der Waals surface area contributed by atoms with Gasteiger partial charge in [0.05, 0.1) is 0 Å². The van der Waals surface area contributed by atoms with Crippen LogP contribution in [0.1, 0.15) is 24.0 Å². The van der Waals surface area contributed by atoms with Gasteiger partial charge in [-0.15, -0.1) is 0 Å². The van der Waals surface area contributed by atoms with E-state index >= 15 is 0 Å². The highest BCUT2D eigenvalue weighted by Gasteiger charge is 2.24. The second-order valence-electron chi connectivity index (χ2n) is 7.58.